The first-order valence-electron chi connectivity index (χ1n) is 6.45. The Balaban J connectivity index is 2.47. The van der Waals surface area contributed by atoms with Crippen molar-refractivity contribution in [3.8, 4) is 11.6 Å². The average molecular weight is 324 g/mol. The van der Waals surface area contributed by atoms with E-state index < -0.39 is 0 Å². The van der Waals surface area contributed by atoms with E-state index in [-0.39, 0.29) is 0 Å². The van der Waals surface area contributed by atoms with Gasteiger partial charge in [-0.2, -0.15) is 0 Å². The summed E-state index contributed by atoms with van der Waals surface area (Å²) < 4.78 is 2.87. The molecule has 0 bridgehead atoms. The molecule has 0 radical (unpaired) electrons. The zero-order valence-electron chi connectivity index (χ0n) is 11.4. The molecule has 2 aromatic heterocycles. The number of nitrogens with zero attached hydrogens (tertiary/aromatic N) is 4. The highest BCUT2D eigenvalue weighted by molar-refractivity contribution is 9.10. The zero-order valence-corrected chi connectivity index (χ0v) is 13.0. The SMILES string of the molecule is CCCNc1nc(-c2nccn2C)nc(CC)c1Br. The molecule has 0 aliphatic heterocycles. The van der Waals surface area contributed by atoms with Crippen LogP contribution in [0.2, 0.25) is 0 Å². The summed E-state index contributed by atoms with van der Waals surface area (Å²) in [7, 11) is 1.94. The van der Waals surface area contributed by atoms with Crippen LogP contribution in [-0.4, -0.2) is 26.1 Å². The molecule has 2 rings (SSSR count). The second-order valence-corrected chi connectivity index (χ2v) is 5.09. The Morgan fingerprint density at radius 1 is 1.32 bits per heavy atom. The number of aryl methyl sites for hydroxylation is 2. The Labute approximate surface area is 121 Å². The van der Waals surface area contributed by atoms with Gasteiger partial charge in [0.25, 0.3) is 0 Å². The Morgan fingerprint density at radius 3 is 2.68 bits per heavy atom. The molecule has 1 N–H and O–H groups in total. The van der Waals surface area contributed by atoms with Gasteiger partial charge in [-0.05, 0) is 28.8 Å². The Bertz CT molecular complexity index is 564. The fraction of sp³-hybridized carbons (Fsp3) is 0.462. The molecule has 0 spiro atoms. The van der Waals surface area contributed by atoms with Gasteiger partial charge >= 0.3 is 0 Å². The maximum atomic E-state index is 4.58. The van der Waals surface area contributed by atoms with Gasteiger partial charge in [-0.15, -0.1) is 0 Å². The van der Waals surface area contributed by atoms with Crippen LogP contribution in [0.25, 0.3) is 11.6 Å². The summed E-state index contributed by atoms with van der Waals surface area (Å²) in [4.78, 5) is 13.5. The molecule has 0 fully saturated rings. The lowest BCUT2D eigenvalue weighted by atomic mass is 10.3. The third-order valence-electron chi connectivity index (χ3n) is 2.82. The number of anilines is 1. The molecular formula is C13H18BrN5. The Kier molecular flexibility index (Phi) is 4.52. The van der Waals surface area contributed by atoms with E-state index in [1.165, 1.54) is 0 Å². The standard InChI is InChI=1S/C13H18BrN5/c1-4-6-15-11-10(14)9(5-2)17-12(18-11)13-16-7-8-19(13)3/h7-8H,4-6H2,1-3H3,(H,15,17,18). The molecule has 0 aliphatic rings. The summed E-state index contributed by atoms with van der Waals surface area (Å²) in [5.74, 6) is 2.28. The van der Waals surface area contributed by atoms with Crippen LogP contribution in [0, 0.1) is 0 Å². The first kappa shape index (κ1) is 14.0. The summed E-state index contributed by atoms with van der Waals surface area (Å²) >= 11 is 3.57. The van der Waals surface area contributed by atoms with Crippen molar-refractivity contribution in [1.82, 2.24) is 19.5 Å². The number of hydrogen-bond donors (Lipinski definition) is 1. The fourth-order valence-electron chi connectivity index (χ4n) is 1.77. The quantitative estimate of drug-likeness (QED) is 0.918. The van der Waals surface area contributed by atoms with Crippen molar-refractivity contribution in [2.45, 2.75) is 26.7 Å². The van der Waals surface area contributed by atoms with Crippen molar-refractivity contribution in [2.75, 3.05) is 11.9 Å². The van der Waals surface area contributed by atoms with Gasteiger partial charge in [0.1, 0.15) is 5.82 Å². The Morgan fingerprint density at radius 2 is 2.11 bits per heavy atom. The normalized spacial score (nSPS) is 10.7. The maximum Gasteiger partial charge on any atom is 0.198 e. The van der Waals surface area contributed by atoms with Gasteiger partial charge in [-0.3, -0.25) is 0 Å². The molecule has 5 nitrogen and oxygen atoms in total. The van der Waals surface area contributed by atoms with Gasteiger partial charge in [0.15, 0.2) is 11.6 Å². The van der Waals surface area contributed by atoms with Crippen molar-refractivity contribution in [1.29, 1.82) is 0 Å². The lowest BCUT2D eigenvalue weighted by Crippen LogP contribution is -2.08. The van der Waals surface area contributed by atoms with Crippen molar-refractivity contribution < 1.29 is 0 Å². The summed E-state index contributed by atoms with van der Waals surface area (Å²) in [5, 5.41) is 3.32. The predicted octanol–water partition coefficient (Wildman–Crippen LogP) is 3.02. The molecule has 6 heteroatoms. The highest BCUT2D eigenvalue weighted by atomic mass is 79.9. The fourth-order valence-corrected chi connectivity index (χ4v) is 2.37. The van der Waals surface area contributed by atoms with E-state index in [1.54, 1.807) is 6.20 Å². The summed E-state index contributed by atoms with van der Waals surface area (Å²) in [6.07, 6.45) is 5.55. The topological polar surface area (TPSA) is 55.6 Å². The van der Waals surface area contributed by atoms with Crippen LogP contribution < -0.4 is 5.32 Å². The lowest BCUT2D eigenvalue weighted by molar-refractivity contribution is 0.888. The average Bonchev–Trinajstić information content (AvgIpc) is 2.84. The van der Waals surface area contributed by atoms with E-state index in [4.69, 9.17) is 0 Å². The third kappa shape index (κ3) is 2.94. The summed E-state index contributed by atoms with van der Waals surface area (Å²) in [6, 6.07) is 0. The number of rotatable bonds is 5. The molecule has 0 unspecified atom stereocenters. The van der Waals surface area contributed by atoms with Crippen molar-refractivity contribution in [3.63, 3.8) is 0 Å². The molecule has 2 aromatic rings. The maximum absolute atomic E-state index is 4.58. The first-order valence-corrected chi connectivity index (χ1v) is 7.24. The number of imidazole rings is 1. The van der Waals surface area contributed by atoms with Gasteiger partial charge in [0.2, 0.25) is 0 Å². The molecular weight excluding hydrogens is 306 g/mol. The van der Waals surface area contributed by atoms with E-state index >= 15 is 0 Å². The summed E-state index contributed by atoms with van der Waals surface area (Å²) in [5.41, 5.74) is 0.992. The summed E-state index contributed by atoms with van der Waals surface area (Å²) in [6.45, 7) is 5.10. The van der Waals surface area contributed by atoms with Crippen LogP contribution in [0.1, 0.15) is 26.0 Å². The highest BCUT2D eigenvalue weighted by Crippen LogP contribution is 2.26. The molecule has 0 saturated carbocycles. The number of nitrogens with one attached hydrogen (secondary N) is 1. The van der Waals surface area contributed by atoms with Crippen molar-refractivity contribution in [2.24, 2.45) is 7.05 Å². The minimum Gasteiger partial charge on any atom is -0.369 e. The largest absolute Gasteiger partial charge is 0.369 e. The van der Waals surface area contributed by atoms with E-state index in [1.807, 2.05) is 17.8 Å². The second kappa shape index (κ2) is 6.14. The Hall–Kier alpha value is -1.43. The number of halogens is 1. The predicted molar refractivity (Wildman–Crippen MR) is 80.1 cm³/mol. The molecule has 0 aromatic carbocycles. The van der Waals surface area contributed by atoms with E-state index in [0.717, 1.165) is 41.2 Å². The third-order valence-corrected chi connectivity index (χ3v) is 3.65. The van der Waals surface area contributed by atoms with Crippen LogP contribution in [0.15, 0.2) is 16.9 Å². The zero-order chi connectivity index (χ0) is 13.8. The van der Waals surface area contributed by atoms with Crippen LogP contribution in [0.5, 0.6) is 0 Å². The molecule has 0 aliphatic carbocycles. The number of hydrogen-bond acceptors (Lipinski definition) is 4. The molecule has 102 valence electrons. The van der Waals surface area contributed by atoms with E-state index in [0.29, 0.717) is 5.82 Å². The molecule has 0 amide bonds. The lowest BCUT2D eigenvalue weighted by Gasteiger charge is -2.11. The number of aromatic nitrogens is 4. The molecule has 0 atom stereocenters. The highest BCUT2D eigenvalue weighted by Gasteiger charge is 2.14. The van der Waals surface area contributed by atoms with Gasteiger partial charge in [0.05, 0.1) is 10.2 Å². The minimum atomic E-state index is 0.658. The molecule has 0 saturated heterocycles. The molecule has 2 heterocycles. The van der Waals surface area contributed by atoms with Gasteiger partial charge in [-0.25, -0.2) is 15.0 Å². The monoisotopic (exact) mass is 323 g/mol. The van der Waals surface area contributed by atoms with Crippen molar-refractivity contribution >= 4 is 21.7 Å². The van der Waals surface area contributed by atoms with Crippen LogP contribution in [0.4, 0.5) is 5.82 Å². The van der Waals surface area contributed by atoms with Crippen LogP contribution >= 0.6 is 15.9 Å². The minimum absolute atomic E-state index is 0.658. The van der Waals surface area contributed by atoms with Gasteiger partial charge in [0, 0.05) is 26.0 Å². The van der Waals surface area contributed by atoms with Gasteiger partial charge in [-0.1, -0.05) is 13.8 Å². The molecule has 19 heavy (non-hydrogen) atoms. The van der Waals surface area contributed by atoms with Crippen molar-refractivity contribution in [3.05, 3.63) is 22.6 Å². The van der Waals surface area contributed by atoms with Crippen LogP contribution in [0.3, 0.4) is 0 Å². The van der Waals surface area contributed by atoms with Gasteiger partial charge < -0.3 is 9.88 Å². The second-order valence-electron chi connectivity index (χ2n) is 4.30. The van der Waals surface area contributed by atoms with E-state index in [2.05, 4.69) is 50.0 Å². The van der Waals surface area contributed by atoms with E-state index in [9.17, 15) is 0 Å². The van der Waals surface area contributed by atoms with Crippen LogP contribution in [-0.2, 0) is 13.5 Å². The smallest absolute Gasteiger partial charge is 0.198 e. The first-order chi connectivity index (χ1) is 9.17.